The lowest BCUT2D eigenvalue weighted by Crippen LogP contribution is -2.55. The first-order valence-electron chi connectivity index (χ1n) is 6.00. The third kappa shape index (κ3) is 5.66. The number of aliphatic hydroxyl groups is 1. The molecule has 0 aliphatic carbocycles. The minimum absolute atomic E-state index is 0.191. The Kier molecular flexibility index (Phi) is 7.69. The summed E-state index contributed by atoms with van der Waals surface area (Å²) in [6, 6.07) is -2.27. The van der Waals surface area contributed by atoms with E-state index in [9.17, 15) is 14.4 Å². The van der Waals surface area contributed by atoms with Crippen LogP contribution in [0.5, 0.6) is 0 Å². The van der Waals surface area contributed by atoms with Gasteiger partial charge in [0.15, 0.2) is 0 Å². The standard InChI is InChI=1S/C11H21N3O5/c1-3-6(2)9(14-8(16)4-12)10(17)13-7(5-15)11(18)19/h6-7,9,15H,3-5,12H2,1-2H3,(H,13,17)(H,14,16)(H,18,19)/t6-,7-,9-/m0/s1. The Balaban J connectivity index is 4.80. The van der Waals surface area contributed by atoms with Gasteiger partial charge in [-0.1, -0.05) is 20.3 Å². The molecular formula is C11H21N3O5. The average Bonchev–Trinajstić information content (AvgIpc) is 2.39. The van der Waals surface area contributed by atoms with E-state index in [0.717, 1.165) is 0 Å². The fourth-order valence-electron chi connectivity index (χ4n) is 1.38. The summed E-state index contributed by atoms with van der Waals surface area (Å²) in [7, 11) is 0. The molecule has 19 heavy (non-hydrogen) atoms. The summed E-state index contributed by atoms with van der Waals surface area (Å²) in [5, 5.41) is 22.2. The molecule has 0 heterocycles. The van der Waals surface area contributed by atoms with Crippen LogP contribution in [0.3, 0.4) is 0 Å². The molecule has 0 fully saturated rings. The zero-order chi connectivity index (χ0) is 15.0. The van der Waals surface area contributed by atoms with Crippen molar-refractivity contribution in [1.82, 2.24) is 10.6 Å². The van der Waals surface area contributed by atoms with Gasteiger partial charge in [-0.2, -0.15) is 0 Å². The summed E-state index contributed by atoms with van der Waals surface area (Å²) < 4.78 is 0. The van der Waals surface area contributed by atoms with Crippen molar-refractivity contribution in [3.63, 3.8) is 0 Å². The molecule has 0 aromatic carbocycles. The van der Waals surface area contributed by atoms with Crippen molar-refractivity contribution in [2.75, 3.05) is 13.2 Å². The zero-order valence-corrected chi connectivity index (χ0v) is 11.0. The van der Waals surface area contributed by atoms with E-state index in [4.69, 9.17) is 15.9 Å². The summed E-state index contributed by atoms with van der Waals surface area (Å²) in [6.45, 7) is 2.59. The molecule has 0 bridgehead atoms. The number of carboxylic acid groups (broad SMARTS) is 1. The number of carbonyl (C=O) groups is 3. The van der Waals surface area contributed by atoms with Crippen LogP contribution in [0.2, 0.25) is 0 Å². The summed E-state index contributed by atoms with van der Waals surface area (Å²) >= 11 is 0. The number of carboxylic acids is 1. The maximum atomic E-state index is 11.9. The molecule has 2 amide bonds. The number of hydrogen-bond donors (Lipinski definition) is 5. The molecule has 0 unspecified atom stereocenters. The second-order valence-corrected chi connectivity index (χ2v) is 4.22. The predicted octanol–water partition coefficient (Wildman–Crippen LogP) is -1.96. The van der Waals surface area contributed by atoms with Gasteiger partial charge in [-0.05, 0) is 5.92 Å². The number of nitrogens with two attached hydrogens (primary N) is 1. The van der Waals surface area contributed by atoms with E-state index in [2.05, 4.69) is 10.6 Å². The summed E-state index contributed by atoms with van der Waals surface area (Å²) in [5.41, 5.74) is 5.16. The summed E-state index contributed by atoms with van der Waals surface area (Å²) in [4.78, 5) is 33.9. The van der Waals surface area contributed by atoms with Gasteiger partial charge in [-0.15, -0.1) is 0 Å². The Labute approximate surface area is 111 Å². The molecule has 0 rings (SSSR count). The van der Waals surface area contributed by atoms with Crippen molar-refractivity contribution in [3.8, 4) is 0 Å². The molecule has 0 aromatic rings. The first kappa shape index (κ1) is 17.3. The van der Waals surface area contributed by atoms with Gasteiger partial charge in [0.1, 0.15) is 12.1 Å². The van der Waals surface area contributed by atoms with Gasteiger partial charge in [0.25, 0.3) is 0 Å². The minimum atomic E-state index is -1.39. The Hall–Kier alpha value is -1.67. The monoisotopic (exact) mass is 275 g/mol. The van der Waals surface area contributed by atoms with E-state index in [-0.39, 0.29) is 12.5 Å². The van der Waals surface area contributed by atoms with Gasteiger partial charge in [-0.3, -0.25) is 9.59 Å². The van der Waals surface area contributed by atoms with Gasteiger partial charge in [0.05, 0.1) is 13.2 Å². The topological polar surface area (TPSA) is 142 Å². The number of aliphatic hydroxyl groups excluding tert-OH is 1. The highest BCUT2D eigenvalue weighted by Gasteiger charge is 2.29. The second kappa shape index (κ2) is 8.44. The molecule has 6 N–H and O–H groups in total. The smallest absolute Gasteiger partial charge is 0.328 e. The number of amides is 2. The van der Waals surface area contributed by atoms with Crippen LogP contribution in [0.15, 0.2) is 0 Å². The molecular weight excluding hydrogens is 254 g/mol. The third-order valence-electron chi connectivity index (χ3n) is 2.79. The molecule has 0 aliphatic rings. The van der Waals surface area contributed by atoms with E-state index >= 15 is 0 Å². The minimum Gasteiger partial charge on any atom is -0.480 e. The SMILES string of the molecule is CC[C@H](C)[C@H](NC(=O)CN)C(=O)N[C@@H](CO)C(=O)O. The number of hydrogen-bond acceptors (Lipinski definition) is 5. The molecule has 3 atom stereocenters. The van der Waals surface area contributed by atoms with Gasteiger partial charge in [0, 0.05) is 0 Å². The van der Waals surface area contributed by atoms with E-state index in [0.29, 0.717) is 6.42 Å². The molecule has 0 spiro atoms. The lowest BCUT2D eigenvalue weighted by atomic mass is 9.98. The summed E-state index contributed by atoms with van der Waals surface area (Å²) in [6.07, 6.45) is 0.611. The van der Waals surface area contributed by atoms with Crippen molar-refractivity contribution >= 4 is 17.8 Å². The zero-order valence-electron chi connectivity index (χ0n) is 11.0. The molecule has 0 saturated heterocycles. The largest absolute Gasteiger partial charge is 0.480 e. The van der Waals surface area contributed by atoms with Crippen LogP contribution in [-0.4, -0.2) is 53.2 Å². The normalized spacial score (nSPS) is 15.2. The van der Waals surface area contributed by atoms with Crippen LogP contribution in [0.25, 0.3) is 0 Å². The lowest BCUT2D eigenvalue weighted by molar-refractivity contribution is -0.143. The maximum Gasteiger partial charge on any atom is 0.328 e. The van der Waals surface area contributed by atoms with Crippen LogP contribution in [0.1, 0.15) is 20.3 Å². The highest BCUT2D eigenvalue weighted by molar-refractivity contribution is 5.91. The van der Waals surface area contributed by atoms with Crippen LogP contribution in [-0.2, 0) is 14.4 Å². The molecule has 110 valence electrons. The quantitative estimate of drug-likeness (QED) is 0.348. The van der Waals surface area contributed by atoms with Crippen molar-refractivity contribution in [3.05, 3.63) is 0 Å². The van der Waals surface area contributed by atoms with Crippen LogP contribution >= 0.6 is 0 Å². The van der Waals surface area contributed by atoms with E-state index in [1.54, 1.807) is 6.92 Å². The van der Waals surface area contributed by atoms with Crippen LogP contribution in [0, 0.1) is 5.92 Å². The fraction of sp³-hybridized carbons (Fsp3) is 0.727. The Morgan fingerprint density at radius 3 is 2.21 bits per heavy atom. The fourth-order valence-corrected chi connectivity index (χ4v) is 1.38. The van der Waals surface area contributed by atoms with Crippen molar-refractivity contribution in [2.24, 2.45) is 11.7 Å². The predicted molar refractivity (Wildman–Crippen MR) is 67.1 cm³/mol. The molecule has 8 nitrogen and oxygen atoms in total. The Morgan fingerprint density at radius 1 is 1.26 bits per heavy atom. The van der Waals surface area contributed by atoms with Gasteiger partial charge in [-0.25, -0.2) is 4.79 Å². The molecule has 0 aromatic heterocycles. The highest BCUT2D eigenvalue weighted by Crippen LogP contribution is 2.08. The van der Waals surface area contributed by atoms with Gasteiger partial charge < -0.3 is 26.6 Å². The number of carbonyl (C=O) groups excluding carboxylic acids is 2. The third-order valence-corrected chi connectivity index (χ3v) is 2.79. The average molecular weight is 275 g/mol. The van der Waals surface area contributed by atoms with E-state index < -0.39 is 36.5 Å². The molecule has 0 aliphatic heterocycles. The summed E-state index contributed by atoms with van der Waals surface area (Å²) in [5.74, 6) is -2.69. The lowest BCUT2D eigenvalue weighted by Gasteiger charge is -2.24. The Morgan fingerprint density at radius 2 is 1.84 bits per heavy atom. The van der Waals surface area contributed by atoms with E-state index in [1.165, 1.54) is 0 Å². The van der Waals surface area contributed by atoms with E-state index in [1.807, 2.05) is 6.92 Å². The van der Waals surface area contributed by atoms with Crippen molar-refractivity contribution < 1.29 is 24.6 Å². The van der Waals surface area contributed by atoms with Crippen LogP contribution in [0.4, 0.5) is 0 Å². The molecule has 0 radical (unpaired) electrons. The van der Waals surface area contributed by atoms with Crippen LogP contribution < -0.4 is 16.4 Å². The maximum absolute atomic E-state index is 11.9. The highest BCUT2D eigenvalue weighted by atomic mass is 16.4. The number of nitrogens with one attached hydrogen (secondary N) is 2. The number of aliphatic carboxylic acids is 1. The number of rotatable bonds is 8. The molecule has 0 saturated carbocycles. The van der Waals surface area contributed by atoms with Crippen molar-refractivity contribution in [2.45, 2.75) is 32.4 Å². The van der Waals surface area contributed by atoms with Gasteiger partial charge in [0.2, 0.25) is 11.8 Å². The van der Waals surface area contributed by atoms with Gasteiger partial charge >= 0.3 is 5.97 Å². The molecule has 8 heteroatoms. The van der Waals surface area contributed by atoms with Crippen molar-refractivity contribution in [1.29, 1.82) is 0 Å². The first-order valence-corrected chi connectivity index (χ1v) is 6.00. The second-order valence-electron chi connectivity index (χ2n) is 4.22. The Bertz CT molecular complexity index is 334. The first-order chi connectivity index (χ1) is 8.87.